The number of nitrogens with one attached hydrogen (secondary N) is 2. The summed E-state index contributed by atoms with van der Waals surface area (Å²) in [5.41, 5.74) is 3.15. The first-order valence-corrected chi connectivity index (χ1v) is 12.4. The number of rotatable bonds is 9. The standard InChI is InChI=1S/C27H25N5O4S/c1-34-17-12-13-24(36-3)22(14-17)32-26(19-15-28-20-9-5-4-8-18(19)20)30-31-27(32)37-16-25(33)29-21-10-6-7-11-23(21)35-2/h4-15,28H,16H2,1-3H3,(H,29,33). The van der Waals surface area contributed by atoms with Crippen molar-refractivity contribution in [1.82, 2.24) is 19.7 Å². The molecule has 10 heteroatoms. The smallest absolute Gasteiger partial charge is 0.234 e. The van der Waals surface area contributed by atoms with Crippen molar-refractivity contribution in [2.75, 3.05) is 32.4 Å². The maximum absolute atomic E-state index is 12.8. The summed E-state index contributed by atoms with van der Waals surface area (Å²) in [7, 11) is 4.78. The van der Waals surface area contributed by atoms with Crippen LogP contribution in [0.1, 0.15) is 0 Å². The third-order valence-electron chi connectivity index (χ3n) is 5.80. The van der Waals surface area contributed by atoms with Crippen molar-refractivity contribution in [3.63, 3.8) is 0 Å². The minimum absolute atomic E-state index is 0.107. The molecule has 2 heterocycles. The number of fused-ring (bicyclic) bond motifs is 1. The highest BCUT2D eigenvalue weighted by molar-refractivity contribution is 7.99. The molecule has 0 spiro atoms. The van der Waals surface area contributed by atoms with Crippen LogP contribution in [0.3, 0.4) is 0 Å². The van der Waals surface area contributed by atoms with Gasteiger partial charge in [0.25, 0.3) is 0 Å². The summed E-state index contributed by atoms with van der Waals surface area (Å²) in [5, 5.41) is 13.4. The number of aromatic amines is 1. The van der Waals surface area contributed by atoms with E-state index in [1.165, 1.54) is 11.8 Å². The third-order valence-corrected chi connectivity index (χ3v) is 6.73. The topological polar surface area (TPSA) is 103 Å². The number of aromatic nitrogens is 4. The maximum Gasteiger partial charge on any atom is 0.234 e. The van der Waals surface area contributed by atoms with E-state index in [2.05, 4.69) is 20.5 Å². The SMILES string of the molecule is COc1ccc(OC)c(-n2c(SCC(=O)Nc3ccccc3OC)nnc2-c2c[nH]c3ccccc23)c1. The Kier molecular flexibility index (Phi) is 7.00. The van der Waals surface area contributed by atoms with Crippen molar-refractivity contribution < 1.29 is 19.0 Å². The van der Waals surface area contributed by atoms with Gasteiger partial charge in [-0.25, -0.2) is 0 Å². The molecule has 0 saturated carbocycles. The zero-order valence-electron chi connectivity index (χ0n) is 20.5. The number of thioether (sulfide) groups is 1. The Balaban J connectivity index is 1.54. The minimum Gasteiger partial charge on any atom is -0.497 e. The van der Waals surface area contributed by atoms with Crippen LogP contribution in [0.25, 0.3) is 28.0 Å². The molecule has 2 N–H and O–H groups in total. The summed E-state index contributed by atoms with van der Waals surface area (Å²) in [5.74, 6) is 2.37. The largest absolute Gasteiger partial charge is 0.497 e. The summed E-state index contributed by atoms with van der Waals surface area (Å²) in [6.45, 7) is 0. The van der Waals surface area contributed by atoms with E-state index in [0.717, 1.165) is 16.5 Å². The number of amides is 1. The van der Waals surface area contributed by atoms with Crippen LogP contribution in [0.5, 0.6) is 17.2 Å². The molecule has 37 heavy (non-hydrogen) atoms. The quantitative estimate of drug-likeness (QED) is 0.261. The van der Waals surface area contributed by atoms with Crippen molar-refractivity contribution in [2.24, 2.45) is 0 Å². The predicted molar refractivity (Wildman–Crippen MR) is 144 cm³/mol. The Morgan fingerprint density at radius 2 is 1.73 bits per heavy atom. The number of nitrogens with zero attached hydrogens (tertiary/aromatic N) is 3. The van der Waals surface area contributed by atoms with Crippen LogP contribution in [0.2, 0.25) is 0 Å². The zero-order valence-corrected chi connectivity index (χ0v) is 21.3. The number of carbonyl (C=O) groups excluding carboxylic acids is 1. The fourth-order valence-electron chi connectivity index (χ4n) is 4.05. The van der Waals surface area contributed by atoms with Gasteiger partial charge in [-0.3, -0.25) is 9.36 Å². The highest BCUT2D eigenvalue weighted by Crippen LogP contribution is 2.37. The van der Waals surface area contributed by atoms with Gasteiger partial charge in [0, 0.05) is 28.7 Å². The first kappa shape index (κ1) is 24.3. The molecule has 188 valence electrons. The van der Waals surface area contributed by atoms with E-state index in [0.29, 0.717) is 39.6 Å². The maximum atomic E-state index is 12.8. The molecule has 9 nitrogen and oxygen atoms in total. The second-order valence-corrected chi connectivity index (χ2v) is 8.91. The minimum atomic E-state index is -0.199. The molecular formula is C27H25N5O4S. The van der Waals surface area contributed by atoms with Crippen LogP contribution >= 0.6 is 11.8 Å². The van der Waals surface area contributed by atoms with Crippen molar-refractivity contribution in [1.29, 1.82) is 0 Å². The molecule has 0 atom stereocenters. The van der Waals surface area contributed by atoms with Crippen LogP contribution in [0.4, 0.5) is 5.69 Å². The van der Waals surface area contributed by atoms with Crippen LogP contribution in [0.15, 0.2) is 78.1 Å². The molecule has 0 aliphatic rings. The number of methoxy groups -OCH3 is 3. The molecule has 3 aromatic carbocycles. The Morgan fingerprint density at radius 1 is 0.946 bits per heavy atom. The van der Waals surface area contributed by atoms with Gasteiger partial charge in [0.1, 0.15) is 17.2 Å². The molecule has 2 aromatic heterocycles. The van der Waals surface area contributed by atoms with Gasteiger partial charge >= 0.3 is 0 Å². The van der Waals surface area contributed by atoms with E-state index in [4.69, 9.17) is 14.2 Å². The van der Waals surface area contributed by atoms with Crippen LogP contribution < -0.4 is 19.5 Å². The van der Waals surface area contributed by atoms with Crippen LogP contribution in [-0.4, -0.2) is 52.7 Å². The van der Waals surface area contributed by atoms with E-state index in [9.17, 15) is 4.79 Å². The number of para-hydroxylation sites is 3. The molecular weight excluding hydrogens is 490 g/mol. The summed E-state index contributed by atoms with van der Waals surface area (Å²) in [6.07, 6.45) is 1.90. The summed E-state index contributed by atoms with van der Waals surface area (Å²) in [4.78, 5) is 16.1. The first-order chi connectivity index (χ1) is 18.1. The lowest BCUT2D eigenvalue weighted by Gasteiger charge is -2.15. The van der Waals surface area contributed by atoms with Crippen LogP contribution in [0, 0.1) is 0 Å². The lowest BCUT2D eigenvalue weighted by atomic mass is 10.1. The third kappa shape index (κ3) is 4.83. The molecule has 0 bridgehead atoms. The zero-order chi connectivity index (χ0) is 25.8. The lowest BCUT2D eigenvalue weighted by molar-refractivity contribution is -0.113. The molecule has 0 saturated heterocycles. The summed E-state index contributed by atoms with van der Waals surface area (Å²) >= 11 is 1.27. The molecule has 0 unspecified atom stereocenters. The number of H-pyrrole nitrogens is 1. The van der Waals surface area contributed by atoms with Crippen molar-refractivity contribution in [3.05, 3.63) is 72.9 Å². The monoisotopic (exact) mass is 515 g/mol. The molecule has 5 aromatic rings. The molecule has 5 rings (SSSR count). The van der Waals surface area contributed by atoms with E-state index < -0.39 is 0 Å². The predicted octanol–water partition coefficient (Wildman–Crippen LogP) is 5.17. The van der Waals surface area contributed by atoms with Gasteiger partial charge in [-0.2, -0.15) is 0 Å². The Bertz CT molecular complexity index is 1560. The number of hydrogen-bond acceptors (Lipinski definition) is 7. The summed E-state index contributed by atoms with van der Waals surface area (Å²) < 4.78 is 18.4. The fraction of sp³-hybridized carbons (Fsp3) is 0.148. The number of benzene rings is 3. The van der Waals surface area contributed by atoms with E-state index >= 15 is 0 Å². The Labute approximate surface area is 217 Å². The number of carbonyl (C=O) groups is 1. The average molecular weight is 516 g/mol. The molecule has 0 fully saturated rings. The Morgan fingerprint density at radius 3 is 2.54 bits per heavy atom. The molecule has 0 aliphatic heterocycles. The number of ether oxygens (including phenoxy) is 3. The lowest BCUT2D eigenvalue weighted by Crippen LogP contribution is -2.15. The van der Waals surface area contributed by atoms with Gasteiger partial charge in [-0.1, -0.05) is 42.1 Å². The fourth-order valence-corrected chi connectivity index (χ4v) is 4.79. The van der Waals surface area contributed by atoms with Crippen molar-refractivity contribution in [3.8, 4) is 34.3 Å². The van der Waals surface area contributed by atoms with E-state index in [1.807, 2.05) is 65.4 Å². The second kappa shape index (κ2) is 10.7. The molecule has 0 radical (unpaired) electrons. The van der Waals surface area contributed by atoms with Crippen LogP contribution in [-0.2, 0) is 4.79 Å². The van der Waals surface area contributed by atoms with Gasteiger partial charge in [0.2, 0.25) is 5.91 Å². The molecule has 0 aliphatic carbocycles. The van der Waals surface area contributed by atoms with Gasteiger partial charge < -0.3 is 24.5 Å². The Hall–Kier alpha value is -4.44. The number of hydrogen-bond donors (Lipinski definition) is 2. The summed E-state index contributed by atoms with van der Waals surface area (Å²) in [6, 6.07) is 20.8. The highest BCUT2D eigenvalue weighted by atomic mass is 32.2. The van der Waals surface area contributed by atoms with E-state index in [-0.39, 0.29) is 11.7 Å². The van der Waals surface area contributed by atoms with Gasteiger partial charge in [0.05, 0.1) is 38.5 Å². The van der Waals surface area contributed by atoms with Gasteiger partial charge in [0.15, 0.2) is 11.0 Å². The van der Waals surface area contributed by atoms with Crippen molar-refractivity contribution in [2.45, 2.75) is 5.16 Å². The van der Waals surface area contributed by atoms with Crippen molar-refractivity contribution >= 4 is 34.3 Å². The normalized spacial score (nSPS) is 10.9. The van der Waals surface area contributed by atoms with Gasteiger partial charge in [-0.15, -0.1) is 10.2 Å². The highest BCUT2D eigenvalue weighted by Gasteiger charge is 2.22. The van der Waals surface area contributed by atoms with E-state index in [1.54, 1.807) is 33.5 Å². The number of anilines is 1. The second-order valence-electron chi connectivity index (χ2n) is 7.96. The van der Waals surface area contributed by atoms with Gasteiger partial charge in [-0.05, 0) is 30.3 Å². The first-order valence-electron chi connectivity index (χ1n) is 11.4. The molecule has 1 amide bonds. The average Bonchev–Trinajstić information content (AvgIpc) is 3.55.